The van der Waals surface area contributed by atoms with Crippen LogP contribution in [0.5, 0.6) is 0 Å². The number of aromatic nitrogens is 5. The van der Waals surface area contributed by atoms with Crippen molar-refractivity contribution in [1.29, 1.82) is 0 Å². The van der Waals surface area contributed by atoms with Gasteiger partial charge in [0.05, 0.1) is 17.2 Å². The minimum Gasteiger partial charge on any atom is -0.250 e. The highest BCUT2D eigenvalue weighted by atomic mass is 32.1. The van der Waals surface area contributed by atoms with E-state index in [4.69, 9.17) is 9.97 Å². The number of benzene rings is 2. The van der Waals surface area contributed by atoms with Crippen molar-refractivity contribution in [3.05, 3.63) is 93.7 Å². The number of nitrogens with zero attached hydrogens (tertiary/aromatic N) is 5. The zero-order chi connectivity index (χ0) is 20.8. The van der Waals surface area contributed by atoms with E-state index in [1.807, 2.05) is 72.1 Å². The van der Waals surface area contributed by atoms with E-state index in [2.05, 4.69) is 10.1 Å². The molecule has 0 bridgehead atoms. The van der Waals surface area contributed by atoms with E-state index >= 15 is 0 Å². The van der Waals surface area contributed by atoms with Gasteiger partial charge in [0.1, 0.15) is 11.2 Å². The zero-order valence-corrected chi connectivity index (χ0v) is 17.0. The van der Waals surface area contributed by atoms with Crippen LogP contribution in [0.25, 0.3) is 38.9 Å². The Hall–Kier alpha value is -4.17. The number of fused-ring (bicyclic) bond motifs is 4. The van der Waals surface area contributed by atoms with Crippen LogP contribution in [0.2, 0.25) is 0 Å². The van der Waals surface area contributed by atoms with Gasteiger partial charge in [0.25, 0.3) is 5.65 Å². The van der Waals surface area contributed by atoms with Gasteiger partial charge in [-0.05, 0) is 35.7 Å². The Bertz CT molecular complexity index is 1650. The van der Waals surface area contributed by atoms with Crippen molar-refractivity contribution in [1.82, 2.24) is 19.2 Å². The van der Waals surface area contributed by atoms with E-state index in [0.29, 0.717) is 22.2 Å². The smallest absolute Gasteiger partial charge is 0.250 e. The van der Waals surface area contributed by atoms with Crippen LogP contribution in [0.1, 0.15) is 4.88 Å². The van der Waals surface area contributed by atoms with Crippen LogP contribution in [-0.2, 0) is 0 Å². The molecule has 0 spiro atoms. The lowest BCUT2D eigenvalue weighted by atomic mass is 10.3. The fourth-order valence-electron chi connectivity index (χ4n) is 3.64. The molecule has 4 heterocycles. The molecule has 0 aliphatic heterocycles. The van der Waals surface area contributed by atoms with Crippen molar-refractivity contribution in [2.24, 2.45) is 5.10 Å². The molecule has 0 aliphatic rings. The predicted octanol–water partition coefficient (Wildman–Crippen LogP) is 3.65. The summed E-state index contributed by atoms with van der Waals surface area (Å²) in [6.45, 7) is 0. The molecule has 0 amide bonds. The molecule has 0 saturated heterocycles. The Morgan fingerprint density at radius 2 is 1.71 bits per heavy atom. The Morgan fingerprint density at radius 1 is 0.935 bits per heavy atom. The highest BCUT2D eigenvalue weighted by Crippen LogP contribution is 2.24. The van der Waals surface area contributed by atoms with Crippen LogP contribution in [0.15, 0.2) is 88.3 Å². The van der Waals surface area contributed by atoms with Crippen molar-refractivity contribution < 1.29 is 4.98 Å². The van der Waals surface area contributed by atoms with Gasteiger partial charge < -0.3 is 0 Å². The van der Waals surface area contributed by atoms with E-state index in [9.17, 15) is 4.79 Å². The van der Waals surface area contributed by atoms with Gasteiger partial charge in [0.15, 0.2) is 11.7 Å². The van der Waals surface area contributed by atoms with E-state index in [0.717, 1.165) is 21.6 Å². The highest BCUT2D eigenvalue weighted by Gasteiger charge is 2.25. The lowest BCUT2D eigenvalue weighted by molar-refractivity contribution is -0.356. The zero-order valence-electron chi connectivity index (χ0n) is 16.1. The number of rotatable bonds is 3. The first kappa shape index (κ1) is 17.7. The molecule has 4 aromatic heterocycles. The summed E-state index contributed by atoms with van der Waals surface area (Å²) in [6, 6.07) is 21.0. The molecule has 0 radical (unpaired) electrons. The van der Waals surface area contributed by atoms with Crippen molar-refractivity contribution in [2.75, 3.05) is 0 Å². The van der Waals surface area contributed by atoms with Crippen molar-refractivity contribution in [3.63, 3.8) is 0 Å². The van der Waals surface area contributed by atoms with E-state index in [1.54, 1.807) is 33.1 Å². The maximum absolute atomic E-state index is 13.5. The fourth-order valence-corrected chi connectivity index (χ4v) is 4.22. The Kier molecular flexibility index (Phi) is 3.97. The second kappa shape index (κ2) is 6.96. The SMILES string of the molecule is O=c1c2c3nc4ccccc4nc3n(/N=C/c3cccs3)c2[nH+]cn1-c1ccccc1. The van der Waals surface area contributed by atoms with Gasteiger partial charge in [-0.15, -0.1) is 21.1 Å². The third-order valence-electron chi connectivity index (χ3n) is 5.08. The van der Waals surface area contributed by atoms with Crippen LogP contribution in [0, 0.1) is 0 Å². The Balaban J connectivity index is 1.72. The van der Waals surface area contributed by atoms with Gasteiger partial charge in [-0.2, -0.15) is 4.57 Å². The van der Waals surface area contributed by atoms with E-state index < -0.39 is 0 Å². The van der Waals surface area contributed by atoms with Gasteiger partial charge in [0.2, 0.25) is 5.65 Å². The minimum absolute atomic E-state index is 0.181. The minimum atomic E-state index is -0.181. The molecule has 0 saturated carbocycles. The maximum atomic E-state index is 13.5. The van der Waals surface area contributed by atoms with Gasteiger partial charge >= 0.3 is 5.56 Å². The summed E-state index contributed by atoms with van der Waals surface area (Å²) in [5.74, 6) is 0. The first-order valence-corrected chi connectivity index (χ1v) is 10.5. The average molecular weight is 423 g/mol. The number of aromatic amines is 1. The first-order valence-electron chi connectivity index (χ1n) is 9.67. The molecule has 31 heavy (non-hydrogen) atoms. The molecular formula is C23H15N6OS+. The Morgan fingerprint density at radius 3 is 2.48 bits per heavy atom. The summed E-state index contributed by atoms with van der Waals surface area (Å²) in [5.41, 5.74) is 3.65. The third kappa shape index (κ3) is 2.84. The molecule has 6 aromatic rings. The fraction of sp³-hybridized carbons (Fsp3) is 0. The molecule has 0 unspecified atom stereocenters. The molecule has 0 fully saturated rings. The number of hydrogen-bond acceptors (Lipinski definition) is 5. The lowest BCUT2D eigenvalue weighted by Gasteiger charge is -1.99. The Labute approximate surface area is 179 Å². The monoisotopic (exact) mass is 423 g/mol. The largest absolute Gasteiger partial charge is 0.327 e. The summed E-state index contributed by atoms with van der Waals surface area (Å²) in [6.07, 6.45) is 3.41. The summed E-state index contributed by atoms with van der Waals surface area (Å²) in [4.78, 5) is 27.3. The second-order valence-electron chi connectivity index (χ2n) is 6.96. The standard InChI is InChI=1S/C23H14N6OS/c30-23-19-20-22(27-18-11-5-4-10-17(18)26-20)29(25-13-16-9-6-12-31-16)21(19)24-14-28(23)15-7-2-1-3-8-15/h1-14H/p+1/b25-13+. The summed E-state index contributed by atoms with van der Waals surface area (Å²) in [7, 11) is 0. The van der Waals surface area contributed by atoms with Crippen LogP contribution < -0.4 is 10.5 Å². The van der Waals surface area contributed by atoms with Crippen LogP contribution in [-0.4, -0.2) is 25.4 Å². The molecule has 2 aromatic carbocycles. The first-order chi connectivity index (χ1) is 15.3. The van der Waals surface area contributed by atoms with Crippen LogP contribution in [0.4, 0.5) is 0 Å². The molecule has 148 valence electrons. The second-order valence-corrected chi connectivity index (χ2v) is 7.94. The van der Waals surface area contributed by atoms with Gasteiger partial charge in [0, 0.05) is 4.88 Å². The summed E-state index contributed by atoms with van der Waals surface area (Å²) in [5, 5.41) is 7.07. The van der Waals surface area contributed by atoms with E-state index in [1.165, 1.54) is 0 Å². The number of hydrogen-bond donors (Lipinski definition) is 0. The van der Waals surface area contributed by atoms with Gasteiger partial charge in [-0.25, -0.2) is 19.7 Å². The van der Waals surface area contributed by atoms with Crippen molar-refractivity contribution in [3.8, 4) is 5.69 Å². The van der Waals surface area contributed by atoms with E-state index in [-0.39, 0.29) is 5.56 Å². The molecular weight excluding hydrogens is 408 g/mol. The molecule has 8 heteroatoms. The lowest BCUT2D eigenvalue weighted by Crippen LogP contribution is -2.25. The van der Waals surface area contributed by atoms with Crippen LogP contribution >= 0.6 is 11.3 Å². The summed E-state index contributed by atoms with van der Waals surface area (Å²) < 4.78 is 3.23. The van der Waals surface area contributed by atoms with Gasteiger partial charge in [-0.1, -0.05) is 36.4 Å². The quantitative estimate of drug-likeness (QED) is 0.408. The molecule has 0 atom stereocenters. The molecule has 6 rings (SSSR count). The number of nitrogens with one attached hydrogen (secondary N) is 1. The highest BCUT2D eigenvalue weighted by molar-refractivity contribution is 7.11. The number of H-pyrrole nitrogens is 1. The summed E-state index contributed by atoms with van der Waals surface area (Å²) >= 11 is 1.59. The van der Waals surface area contributed by atoms with Crippen molar-refractivity contribution in [2.45, 2.75) is 0 Å². The molecule has 1 N–H and O–H groups in total. The maximum Gasteiger partial charge on any atom is 0.327 e. The number of para-hydroxylation sites is 3. The van der Waals surface area contributed by atoms with Crippen LogP contribution in [0.3, 0.4) is 0 Å². The predicted molar refractivity (Wildman–Crippen MR) is 122 cm³/mol. The third-order valence-corrected chi connectivity index (χ3v) is 5.89. The topological polar surface area (TPSA) is 79.2 Å². The molecule has 7 nitrogen and oxygen atoms in total. The normalized spacial score (nSPS) is 11.9. The number of thiophene rings is 1. The van der Waals surface area contributed by atoms with Crippen molar-refractivity contribution >= 4 is 50.8 Å². The molecule has 0 aliphatic carbocycles. The van der Waals surface area contributed by atoms with Gasteiger partial charge in [-0.3, -0.25) is 0 Å². The average Bonchev–Trinajstić information content (AvgIpc) is 3.43.